The van der Waals surface area contributed by atoms with Crippen molar-refractivity contribution in [2.45, 2.75) is 19.3 Å². The SMILES string of the molecule is O=C(O)c1ccc(NC(=O)c2ccc3c(c2)CCC3)nc1. The Labute approximate surface area is 121 Å². The van der Waals surface area contributed by atoms with E-state index in [1.165, 1.54) is 29.5 Å². The van der Waals surface area contributed by atoms with Crippen LogP contribution in [0, 0.1) is 0 Å². The van der Waals surface area contributed by atoms with Crippen LogP contribution in [-0.4, -0.2) is 22.0 Å². The first-order chi connectivity index (χ1) is 10.1. The number of amides is 1. The van der Waals surface area contributed by atoms with Crippen molar-refractivity contribution in [3.63, 3.8) is 0 Å². The summed E-state index contributed by atoms with van der Waals surface area (Å²) in [6, 6.07) is 8.62. The monoisotopic (exact) mass is 282 g/mol. The summed E-state index contributed by atoms with van der Waals surface area (Å²) in [7, 11) is 0. The zero-order chi connectivity index (χ0) is 14.8. The van der Waals surface area contributed by atoms with E-state index in [0.717, 1.165) is 19.3 Å². The number of nitrogens with zero attached hydrogens (tertiary/aromatic N) is 1. The van der Waals surface area contributed by atoms with Crippen molar-refractivity contribution < 1.29 is 14.7 Å². The molecule has 1 heterocycles. The zero-order valence-electron chi connectivity index (χ0n) is 11.3. The molecular weight excluding hydrogens is 268 g/mol. The molecule has 0 fully saturated rings. The second-order valence-electron chi connectivity index (χ2n) is 5.03. The highest BCUT2D eigenvalue weighted by atomic mass is 16.4. The lowest BCUT2D eigenvalue weighted by atomic mass is 10.1. The molecule has 21 heavy (non-hydrogen) atoms. The standard InChI is InChI=1S/C16H14N2O3/c19-15(12-5-4-10-2-1-3-11(10)8-12)18-14-7-6-13(9-17-14)16(20)21/h4-9H,1-3H2,(H,20,21)(H,17,18,19). The van der Waals surface area contributed by atoms with Crippen LogP contribution in [0.25, 0.3) is 0 Å². The van der Waals surface area contributed by atoms with E-state index in [4.69, 9.17) is 5.11 Å². The summed E-state index contributed by atoms with van der Waals surface area (Å²) in [5.41, 5.74) is 3.23. The molecule has 2 N–H and O–H groups in total. The van der Waals surface area contributed by atoms with E-state index in [1.54, 1.807) is 0 Å². The number of carboxylic acids is 1. The van der Waals surface area contributed by atoms with Crippen LogP contribution in [0.3, 0.4) is 0 Å². The van der Waals surface area contributed by atoms with Crippen LogP contribution in [0.2, 0.25) is 0 Å². The Balaban J connectivity index is 1.75. The highest BCUT2D eigenvalue weighted by Crippen LogP contribution is 2.23. The number of fused-ring (bicyclic) bond motifs is 1. The van der Waals surface area contributed by atoms with Crippen molar-refractivity contribution in [1.29, 1.82) is 0 Å². The van der Waals surface area contributed by atoms with E-state index in [9.17, 15) is 9.59 Å². The number of hydrogen-bond acceptors (Lipinski definition) is 3. The van der Waals surface area contributed by atoms with Gasteiger partial charge in [-0.1, -0.05) is 6.07 Å². The summed E-state index contributed by atoms with van der Waals surface area (Å²) in [4.78, 5) is 26.8. The molecule has 0 atom stereocenters. The highest BCUT2D eigenvalue weighted by molar-refractivity contribution is 6.04. The number of pyridine rings is 1. The molecule has 0 unspecified atom stereocenters. The van der Waals surface area contributed by atoms with Gasteiger partial charge < -0.3 is 10.4 Å². The van der Waals surface area contributed by atoms with Crippen molar-refractivity contribution in [3.8, 4) is 0 Å². The molecule has 106 valence electrons. The molecule has 0 saturated carbocycles. The number of aromatic carboxylic acids is 1. The molecule has 0 aliphatic heterocycles. The number of aromatic nitrogens is 1. The smallest absolute Gasteiger partial charge is 0.337 e. The molecule has 0 saturated heterocycles. The van der Waals surface area contributed by atoms with Crippen LogP contribution in [0.4, 0.5) is 5.82 Å². The zero-order valence-corrected chi connectivity index (χ0v) is 11.3. The van der Waals surface area contributed by atoms with Crippen molar-refractivity contribution >= 4 is 17.7 Å². The second-order valence-corrected chi connectivity index (χ2v) is 5.03. The number of carbonyl (C=O) groups excluding carboxylic acids is 1. The van der Waals surface area contributed by atoms with Crippen LogP contribution in [0.1, 0.15) is 38.3 Å². The molecular formula is C16H14N2O3. The molecule has 2 aromatic rings. The highest BCUT2D eigenvalue weighted by Gasteiger charge is 2.14. The van der Waals surface area contributed by atoms with Gasteiger partial charge in [-0.3, -0.25) is 4.79 Å². The molecule has 3 rings (SSSR count). The summed E-state index contributed by atoms with van der Waals surface area (Å²) in [6.45, 7) is 0. The Hall–Kier alpha value is -2.69. The van der Waals surface area contributed by atoms with E-state index >= 15 is 0 Å². The number of rotatable bonds is 3. The number of carbonyl (C=O) groups is 2. The minimum absolute atomic E-state index is 0.0885. The maximum atomic E-state index is 12.2. The molecule has 1 aromatic heterocycles. The molecule has 1 aliphatic rings. The van der Waals surface area contributed by atoms with Gasteiger partial charge in [0.05, 0.1) is 5.56 Å². The van der Waals surface area contributed by atoms with Crippen LogP contribution < -0.4 is 5.32 Å². The van der Waals surface area contributed by atoms with Gasteiger partial charge in [0, 0.05) is 11.8 Å². The van der Waals surface area contributed by atoms with E-state index in [2.05, 4.69) is 10.3 Å². The molecule has 5 nitrogen and oxygen atoms in total. The normalized spacial score (nSPS) is 12.8. The predicted octanol–water partition coefficient (Wildman–Crippen LogP) is 2.52. The van der Waals surface area contributed by atoms with Crippen LogP contribution in [0.5, 0.6) is 0 Å². The fourth-order valence-electron chi connectivity index (χ4n) is 2.50. The average Bonchev–Trinajstić information content (AvgIpc) is 2.95. The lowest BCUT2D eigenvalue weighted by molar-refractivity contribution is 0.0696. The molecule has 1 aliphatic carbocycles. The topological polar surface area (TPSA) is 79.3 Å². The number of nitrogens with one attached hydrogen (secondary N) is 1. The molecule has 1 aromatic carbocycles. The predicted molar refractivity (Wildman–Crippen MR) is 77.6 cm³/mol. The molecule has 1 amide bonds. The first-order valence-corrected chi connectivity index (χ1v) is 6.76. The van der Waals surface area contributed by atoms with Gasteiger partial charge >= 0.3 is 5.97 Å². The summed E-state index contributed by atoms with van der Waals surface area (Å²) in [6.07, 6.45) is 4.46. The molecule has 5 heteroatoms. The second kappa shape index (κ2) is 5.36. The van der Waals surface area contributed by atoms with Gasteiger partial charge in [-0.05, 0) is 54.7 Å². The van der Waals surface area contributed by atoms with Gasteiger partial charge in [0.25, 0.3) is 5.91 Å². The quantitative estimate of drug-likeness (QED) is 0.906. The van der Waals surface area contributed by atoms with Gasteiger partial charge in [-0.25, -0.2) is 9.78 Å². The lowest BCUT2D eigenvalue weighted by Gasteiger charge is -2.06. The Kier molecular flexibility index (Phi) is 3.39. The Bertz CT molecular complexity index is 708. The van der Waals surface area contributed by atoms with Gasteiger partial charge in [0.2, 0.25) is 0 Å². The lowest BCUT2D eigenvalue weighted by Crippen LogP contribution is -2.13. The van der Waals surface area contributed by atoms with E-state index in [1.807, 2.05) is 18.2 Å². The minimum atomic E-state index is -1.04. The fourth-order valence-corrected chi connectivity index (χ4v) is 2.50. The first kappa shape index (κ1) is 13.3. The Morgan fingerprint density at radius 1 is 1.05 bits per heavy atom. The van der Waals surface area contributed by atoms with Gasteiger partial charge in [-0.15, -0.1) is 0 Å². The van der Waals surface area contributed by atoms with Crippen molar-refractivity contribution in [2.75, 3.05) is 5.32 Å². The maximum absolute atomic E-state index is 12.2. The van der Waals surface area contributed by atoms with Gasteiger partial charge in [-0.2, -0.15) is 0 Å². The van der Waals surface area contributed by atoms with Crippen molar-refractivity contribution in [2.24, 2.45) is 0 Å². The summed E-state index contributed by atoms with van der Waals surface area (Å²) >= 11 is 0. The molecule has 0 spiro atoms. The van der Waals surface area contributed by atoms with E-state index in [0.29, 0.717) is 11.4 Å². The van der Waals surface area contributed by atoms with Gasteiger partial charge in [0.1, 0.15) is 5.82 Å². The van der Waals surface area contributed by atoms with Crippen LogP contribution in [-0.2, 0) is 12.8 Å². The Morgan fingerprint density at radius 3 is 2.52 bits per heavy atom. The third-order valence-electron chi connectivity index (χ3n) is 3.61. The minimum Gasteiger partial charge on any atom is -0.478 e. The largest absolute Gasteiger partial charge is 0.478 e. The average molecular weight is 282 g/mol. The van der Waals surface area contributed by atoms with Gasteiger partial charge in [0.15, 0.2) is 0 Å². The van der Waals surface area contributed by atoms with Crippen LogP contribution >= 0.6 is 0 Å². The number of aryl methyl sites for hydroxylation is 2. The summed E-state index contributed by atoms with van der Waals surface area (Å²) in [5.74, 6) is -0.940. The Morgan fingerprint density at radius 2 is 1.81 bits per heavy atom. The van der Waals surface area contributed by atoms with Crippen LogP contribution in [0.15, 0.2) is 36.5 Å². The molecule has 0 bridgehead atoms. The van der Waals surface area contributed by atoms with E-state index < -0.39 is 5.97 Å². The summed E-state index contributed by atoms with van der Waals surface area (Å²) < 4.78 is 0. The van der Waals surface area contributed by atoms with Crippen molar-refractivity contribution in [3.05, 3.63) is 58.8 Å². The maximum Gasteiger partial charge on any atom is 0.337 e. The fraction of sp³-hybridized carbons (Fsp3) is 0.188. The number of hydrogen-bond donors (Lipinski definition) is 2. The first-order valence-electron chi connectivity index (χ1n) is 6.76. The van der Waals surface area contributed by atoms with Crippen molar-refractivity contribution in [1.82, 2.24) is 4.98 Å². The van der Waals surface area contributed by atoms with E-state index in [-0.39, 0.29) is 11.5 Å². The number of carboxylic acid groups (broad SMARTS) is 1. The molecule has 0 radical (unpaired) electrons. The number of anilines is 1. The number of benzene rings is 1. The third kappa shape index (κ3) is 2.76. The summed E-state index contributed by atoms with van der Waals surface area (Å²) in [5, 5.41) is 11.5. The third-order valence-corrected chi connectivity index (χ3v) is 3.61.